The van der Waals surface area contributed by atoms with Crippen LogP contribution in [0.15, 0.2) is 21.6 Å². The van der Waals surface area contributed by atoms with Gasteiger partial charge in [-0.15, -0.1) is 0 Å². The van der Waals surface area contributed by atoms with Crippen molar-refractivity contribution in [3.63, 3.8) is 0 Å². The van der Waals surface area contributed by atoms with Crippen LogP contribution in [-0.4, -0.2) is 6.08 Å². The molecule has 1 aromatic rings. The van der Waals surface area contributed by atoms with Crippen molar-refractivity contribution in [3.8, 4) is 0 Å². The van der Waals surface area contributed by atoms with Gasteiger partial charge in [0.05, 0.1) is 5.54 Å². The first-order chi connectivity index (χ1) is 7.09. The summed E-state index contributed by atoms with van der Waals surface area (Å²) in [5.74, 6) is 0. The molecule has 15 heavy (non-hydrogen) atoms. The smallest absolute Gasteiger partial charge is 0.211 e. The Bertz CT molecular complexity index is 457. The summed E-state index contributed by atoms with van der Waals surface area (Å²) in [5, 5.41) is 0. The third kappa shape index (κ3) is 1.77. The standard InChI is InChI=1S/C12H12BrNO/c1-8-5-9(2)11(13)10(6-8)12(3-4-12)14-7-15/h5-6H,3-4H2,1-2H3. The molecule has 0 N–H and O–H groups in total. The minimum atomic E-state index is -0.280. The van der Waals surface area contributed by atoms with E-state index in [1.54, 1.807) is 6.08 Å². The molecule has 0 aromatic heterocycles. The Hall–Kier alpha value is -0.920. The van der Waals surface area contributed by atoms with E-state index in [2.05, 4.69) is 46.9 Å². The molecule has 0 unspecified atom stereocenters. The highest BCUT2D eigenvalue weighted by atomic mass is 79.9. The first-order valence-corrected chi connectivity index (χ1v) is 5.75. The van der Waals surface area contributed by atoms with Crippen molar-refractivity contribution in [1.29, 1.82) is 0 Å². The number of aliphatic imine (C=N–C) groups is 1. The minimum absolute atomic E-state index is 0.280. The van der Waals surface area contributed by atoms with Crippen LogP contribution in [0.3, 0.4) is 0 Å². The fourth-order valence-corrected chi connectivity index (χ4v) is 2.53. The summed E-state index contributed by atoms with van der Waals surface area (Å²) >= 11 is 3.57. The van der Waals surface area contributed by atoms with E-state index >= 15 is 0 Å². The monoisotopic (exact) mass is 265 g/mol. The fraction of sp³-hybridized carbons (Fsp3) is 0.417. The minimum Gasteiger partial charge on any atom is -0.211 e. The molecule has 0 aliphatic heterocycles. The summed E-state index contributed by atoms with van der Waals surface area (Å²) in [7, 11) is 0. The zero-order valence-corrected chi connectivity index (χ0v) is 10.4. The summed E-state index contributed by atoms with van der Waals surface area (Å²) < 4.78 is 1.07. The lowest BCUT2D eigenvalue weighted by atomic mass is 10.00. The topological polar surface area (TPSA) is 29.4 Å². The quantitative estimate of drug-likeness (QED) is 0.596. The molecule has 1 saturated carbocycles. The van der Waals surface area contributed by atoms with E-state index < -0.39 is 0 Å². The van der Waals surface area contributed by atoms with Gasteiger partial charge >= 0.3 is 0 Å². The zero-order valence-electron chi connectivity index (χ0n) is 8.80. The van der Waals surface area contributed by atoms with Gasteiger partial charge < -0.3 is 0 Å². The zero-order chi connectivity index (χ0) is 11.1. The normalized spacial score (nSPS) is 17.0. The van der Waals surface area contributed by atoms with Crippen molar-refractivity contribution in [2.45, 2.75) is 32.2 Å². The van der Waals surface area contributed by atoms with E-state index in [1.807, 2.05) is 0 Å². The number of benzene rings is 1. The van der Waals surface area contributed by atoms with Crippen LogP contribution in [0.4, 0.5) is 0 Å². The van der Waals surface area contributed by atoms with E-state index in [4.69, 9.17) is 0 Å². The molecule has 1 aromatic carbocycles. The first-order valence-electron chi connectivity index (χ1n) is 4.95. The molecule has 1 aliphatic rings. The van der Waals surface area contributed by atoms with Crippen molar-refractivity contribution >= 4 is 22.0 Å². The number of rotatable bonds is 2. The Morgan fingerprint density at radius 3 is 2.60 bits per heavy atom. The molecule has 78 valence electrons. The molecule has 0 atom stereocenters. The molecule has 1 fully saturated rings. The van der Waals surface area contributed by atoms with Gasteiger partial charge in [0, 0.05) is 4.47 Å². The summed E-state index contributed by atoms with van der Waals surface area (Å²) in [5.41, 5.74) is 3.25. The molecule has 0 saturated heterocycles. The number of hydrogen-bond acceptors (Lipinski definition) is 2. The van der Waals surface area contributed by atoms with Gasteiger partial charge in [0.15, 0.2) is 0 Å². The van der Waals surface area contributed by atoms with Crippen LogP contribution in [0.2, 0.25) is 0 Å². The van der Waals surface area contributed by atoms with Crippen LogP contribution in [0.1, 0.15) is 29.5 Å². The van der Waals surface area contributed by atoms with Crippen LogP contribution in [0.25, 0.3) is 0 Å². The largest absolute Gasteiger partial charge is 0.235 e. The predicted molar refractivity (Wildman–Crippen MR) is 62.6 cm³/mol. The maximum atomic E-state index is 10.4. The van der Waals surface area contributed by atoms with Crippen molar-refractivity contribution in [2.75, 3.05) is 0 Å². The van der Waals surface area contributed by atoms with E-state index in [0.717, 1.165) is 22.9 Å². The molecule has 0 bridgehead atoms. The summed E-state index contributed by atoms with van der Waals surface area (Å²) in [6.07, 6.45) is 3.59. The van der Waals surface area contributed by atoms with Gasteiger partial charge in [-0.25, -0.2) is 4.79 Å². The number of isocyanates is 1. The Balaban J connectivity index is 2.57. The van der Waals surface area contributed by atoms with Crippen LogP contribution < -0.4 is 0 Å². The summed E-state index contributed by atoms with van der Waals surface area (Å²) in [4.78, 5) is 14.4. The average molecular weight is 266 g/mol. The highest BCUT2D eigenvalue weighted by Crippen LogP contribution is 2.52. The molecule has 0 amide bonds. The second kappa shape index (κ2) is 3.58. The molecule has 3 heteroatoms. The van der Waals surface area contributed by atoms with Crippen LogP contribution >= 0.6 is 15.9 Å². The fourth-order valence-electron chi connectivity index (χ4n) is 1.94. The summed E-state index contributed by atoms with van der Waals surface area (Å²) in [6.45, 7) is 4.12. The highest BCUT2D eigenvalue weighted by molar-refractivity contribution is 9.10. The van der Waals surface area contributed by atoms with Crippen molar-refractivity contribution in [3.05, 3.63) is 33.3 Å². The number of nitrogens with zero attached hydrogens (tertiary/aromatic N) is 1. The lowest BCUT2D eigenvalue weighted by Crippen LogP contribution is -2.05. The van der Waals surface area contributed by atoms with E-state index in [0.29, 0.717) is 0 Å². The van der Waals surface area contributed by atoms with E-state index in [9.17, 15) is 4.79 Å². The number of carbonyl (C=O) groups excluding carboxylic acids is 1. The second-order valence-electron chi connectivity index (χ2n) is 4.18. The number of halogens is 1. The van der Waals surface area contributed by atoms with E-state index in [-0.39, 0.29) is 5.54 Å². The van der Waals surface area contributed by atoms with Crippen LogP contribution in [0.5, 0.6) is 0 Å². The van der Waals surface area contributed by atoms with Crippen molar-refractivity contribution < 1.29 is 4.79 Å². The second-order valence-corrected chi connectivity index (χ2v) is 4.97. The first kappa shape index (κ1) is 10.6. The third-order valence-electron chi connectivity index (χ3n) is 2.88. The lowest BCUT2D eigenvalue weighted by Gasteiger charge is -2.13. The molecular formula is C12H12BrNO. The molecule has 0 radical (unpaired) electrons. The molecule has 0 heterocycles. The van der Waals surface area contributed by atoms with Gasteiger partial charge in [-0.3, -0.25) is 0 Å². The van der Waals surface area contributed by atoms with Gasteiger partial charge in [-0.1, -0.05) is 33.6 Å². The van der Waals surface area contributed by atoms with Gasteiger partial charge in [-0.05, 0) is 37.8 Å². The van der Waals surface area contributed by atoms with Crippen molar-refractivity contribution in [1.82, 2.24) is 0 Å². The van der Waals surface area contributed by atoms with Gasteiger partial charge in [-0.2, -0.15) is 4.99 Å². The van der Waals surface area contributed by atoms with Crippen LogP contribution in [-0.2, 0) is 10.3 Å². The highest BCUT2D eigenvalue weighted by Gasteiger charge is 2.46. The Kier molecular flexibility index (Phi) is 2.53. The Morgan fingerprint density at radius 2 is 2.07 bits per heavy atom. The van der Waals surface area contributed by atoms with Gasteiger partial charge in [0.1, 0.15) is 0 Å². The maximum Gasteiger partial charge on any atom is 0.235 e. The van der Waals surface area contributed by atoms with Crippen LogP contribution in [0, 0.1) is 13.8 Å². The predicted octanol–water partition coefficient (Wildman–Crippen LogP) is 3.39. The molecule has 1 aliphatic carbocycles. The molecule has 2 nitrogen and oxygen atoms in total. The van der Waals surface area contributed by atoms with Crippen molar-refractivity contribution in [2.24, 2.45) is 4.99 Å². The Labute approximate surface area is 97.5 Å². The molecule has 0 spiro atoms. The summed E-state index contributed by atoms with van der Waals surface area (Å²) in [6, 6.07) is 4.22. The number of hydrogen-bond donors (Lipinski definition) is 0. The SMILES string of the molecule is Cc1cc(C)c(Br)c(C2(N=C=O)CC2)c1. The maximum absolute atomic E-state index is 10.4. The molecular weight excluding hydrogens is 254 g/mol. The number of aryl methyl sites for hydroxylation is 2. The molecule has 2 rings (SSSR count). The Morgan fingerprint density at radius 1 is 1.40 bits per heavy atom. The third-order valence-corrected chi connectivity index (χ3v) is 3.94. The average Bonchev–Trinajstić information content (AvgIpc) is 2.93. The lowest BCUT2D eigenvalue weighted by molar-refractivity contribution is 0.556. The van der Waals surface area contributed by atoms with E-state index in [1.165, 1.54) is 11.1 Å². The van der Waals surface area contributed by atoms with Gasteiger partial charge in [0.25, 0.3) is 0 Å². The van der Waals surface area contributed by atoms with Gasteiger partial charge in [0.2, 0.25) is 6.08 Å².